The quantitative estimate of drug-likeness (QED) is 0.150. The number of urea groups is 1. The Morgan fingerprint density at radius 1 is 0.973 bits per heavy atom. The van der Waals surface area contributed by atoms with Gasteiger partial charge in [0.05, 0.1) is 19.6 Å². The molecule has 0 radical (unpaired) electrons. The van der Waals surface area contributed by atoms with Gasteiger partial charge in [0.25, 0.3) is 17.5 Å². The zero-order chi connectivity index (χ0) is 26.7. The summed E-state index contributed by atoms with van der Waals surface area (Å²) in [7, 11) is 0. The fourth-order valence-corrected chi connectivity index (χ4v) is 5.06. The van der Waals surface area contributed by atoms with Gasteiger partial charge in [0, 0.05) is 12.1 Å². The molecule has 3 aromatic rings. The van der Waals surface area contributed by atoms with Gasteiger partial charge in [-0.25, -0.2) is 9.69 Å². The molecule has 37 heavy (non-hydrogen) atoms. The Balaban J connectivity index is 1.56. The van der Waals surface area contributed by atoms with Crippen molar-refractivity contribution in [1.29, 1.82) is 0 Å². The Labute approximate surface area is 228 Å². The van der Waals surface area contributed by atoms with E-state index in [1.54, 1.807) is 36.4 Å². The van der Waals surface area contributed by atoms with Crippen LogP contribution in [0.25, 0.3) is 6.08 Å². The van der Waals surface area contributed by atoms with E-state index in [0.717, 1.165) is 22.4 Å². The lowest BCUT2D eigenvalue weighted by Crippen LogP contribution is -2.54. The van der Waals surface area contributed by atoms with E-state index in [9.17, 15) is 24.5 Å². The van der Waals surface area contributed by atoms with Gasteiger partial charge in [-0.15, -0.1) is 0 Å². The molecule has 11 heteroatoms. The van der Waals surface area contributed by atoms with Crippen molar-refractivity contribution < 1.29 is 24.0 Å². The number of amides is 4. The first-order valence-corrected chi connectivity index (χ1v) is 12.6. The Kier molecular flexibility index (Phi) is 7.84. The molecule has 1 fully saturated rings. The number of nitrogens with zero attached hydrogens (tertiary/aromatic N) is 2. The third-order valence-corrected chi connectivity index (χ3v) is 6.74. The summed E-state index contributed by atoms with van der Waals surface area (Å²) in [6.07, 6.45) is 2.20. The second-order valence-electron chi connectivity index (χ2n) is 8.00. The number of barbiturate groups is 1. The lowest BCUT2D eigenvalue weighted by molar-refractivity contribution is -0.384. The number of nitrogens with one attached hydrogen (secondary N) is 1. The molecule has 0 atom stereocenters. The van der Waals surface area contributed by atoms with Crippen LogP contribution < -0.4 is 15.0 Å². The SMILES string of the molecule is CCc1ccc(N2C(=O)NC(=O)/C(=C/c3cc(Br)c(OCc4ccc([N+](=O)[O-])cc4)c(Br)c3)C2=O)cc1. The summed E-state index contributed by atoms with van der Waals surface area (Å²) in [5.74, 6) is -1.06. The van der Waals surface area contributed by atoms with E-state index in [1.165, 1.54) is 18.2 Å². The van der Waals surface area contributed by atoms with Crippen molar-refractivity contribution in [2.45, 2.75) is 20.0 Å². The van der Waals surface area contributed by atoms with Gasteiger partial charge in [-0.1, -0.05) is 19.1 Å². The topological polar surface area (TPSA) is 119 Å². The molecule has 3 aromatic carbocycles. The molecule has 0 spiro atoms. The maximum atomic E-state index is 13.2. The molecule has 0 saturated carbocycles. The number of nitro groups is 1. The van der Waals surface area contributed by atoms with Gasteiger partial charge in [0.15, 0.2) is 0 Å². The van der Waals surface area contributed by atoms with Crippen molar-refractivity contribution in [2.75, 3.05) is 4.90 Å². The van der Waals surface area contributed by atoms with Gasteiger partial charge >= 0.3 is 6.03 Å². The summed E-state index contributed by atoms with van der Waals surface area (Å²) >= 11 is 6.89. The second-order valence-corrected chi connectivity index (χ2v) is 9.71. The predicted molar refractivity (Wildman–Crippen MR) is 144 cm³/mol. The molecule has 9 nitrogen and oxygen atoms in total. The second kappa shape index (κ2) is 11.1. The molecule has 1 N–H and O–H groups in total. The number of benzene rings is 3. The van der Waals surface area contributed by atoms with E-state index in [4.69, 9.17) is 4.74 Å². The number of anilines is 1. The lowest BCUT2D eigenvalue weighted by atomic mass is 10.1. The molecule has 1 aliphatic heterocycles. The van der Waals surface area contributed by atoms with Gasteiger partial charge < -0.3 is 4.74 Å². The zero-order valence-electron chi connectivity index (χ0n) is 19.4. The van der Waals surface area contributed by atoms with Crippen LogP contribution in [0.1, 0.15) is 23.6 Å². The van der Waals surface area contributed by atoms with Crippen LogP contribution in [0.4, 0.5) is 16.2 Å². The number of imide groups is 2. The van der Waals surface area contributed by atoms with Crippen LogP contribution in [0.3, 0.4) is 0 Å². The number of halogens is 2. The fraction of sp³-hybridized carbons (Fsp3) is 0.115. The Hall–Kier alpha value is -3.83. The average molecular weight is 629 g/mol. The van der Waals surface area contributed by atoms with Crippen molar-refractivity contribution in [3.63, 3.8) is 0 Å². The molecule has 4 rings (SSSR count). The molecule has 0 aromatic heterocycles. The molecule has 1 saturated heterocycles. The average Bonchev–Trinajstić information content (AvgIpc) is 2.86. The Morgan fingerprint density at radius 2 is 1.57 bits per heavy atom. The number of carbonyl (C=O) groups excluding carboxylic acids is 3. The van der Waals surface area contributed by atoms with E-state index in [0.29, 0.717) is 25.9 Å². The van der Waals surface area contributed by atoms with Gasteiger partial charge in [0.1, 0.15) is 17.9 Å². The van der Waals surface area contributed by atoms with Crippen LogP contribution in [-0.4, -0.2) is 22.8 Å². The van der Waals surface area contributed by atoms with Crippen LogP contribution in [0.15, 0.2) is 75.2 Å². The molecule has 4 amide bonds. The molecule has 1 aliphatic rings. The van der Waals surface area contributed by atoms with E-state index < -0.39 is 22.8 Å². The van der Waals surface area contributed by atoms with Gasteiger partial charge in [-0.3, -0.25) is 25.0 Å². The molecule has 0 aliphatic carbocycles. The summed E-state index contributed by atoms with van der Waals surface area (Å²) in [5.41, 5.74) is 2.44. The first-order valence-electron chi connectivity index (χ1n) is 11.0. The van der Waals surface area contributed by atoms with Gasteiger partial charge in [0.2, 0.25) is 0 Å². The third-order valence-electron chi connectivity index (χ3n) is 5.57. The number of carbonyl (C=O) groups is 3. The number of hydrogen-bond donors (Lipinski definition) is 1. The van der Waals surface area contributed by atoms with Crippen LogP contribution >= 0.6 is 31.9 Å². The maximum Gasteiger partial charge on any atom is 0.335 e. The van der Waals surface area contributed by atoms with Crippen LogP contribution in [0, 0.1) is 10.1 Å². The highest BCUT2D eigenvalue weighted by Gasteiger charge is 2.36. The van der Waals surface area contributed by atoms with Crippen LogP contribution in [-0.2, 0) is 22.6 Å². The highest BCUT2D eigenvalue weighted by molar-refractivity contribution is 9.11. The van der Waals surface area contributed by atoms with Crippen molar-refractivity contribution >= 4 is 67.2 Å². The Morgan fingerprint density at radius 3 is 2.14 bits per heavy atom. The summed E-state index contributed by atoms with van der Waals surface area (Å²) in [6.45, 7) is 2.15. The van der Waals surface area contributed by atoms with Gasteiger partial charge in [-0.2, -0.15) is 0 Å². The molecule has 0 bridgehead atoms. The largest absolute Gasteiger partial charge is 0.487 e. The number of aryl methyl sites for hydroxylation is 1. The monoisotopic (exact) mass is 627 g/mol. The molecule has 1 heterocycles. The molecular formula is C26H19Br2N3O6. The highest BCUT2D eigenvalue weighted by Crippen LogP contribution is 2.36. The minimum atomic E-state index is -0.811. The summed E-state index contributed by atoms with van der Waals surface area (Å²) in [5, 5.41) is 13.0. The van der Waals surface area contributed by atoms with Crippen molar-refractivity contribution in [1.82, 2.24) is 5.32 Å². The minimum absolute atomic E-state index is 0.0111. The standard InChI is InChI=1S/C26H19Br2N3O6/c1-2-15-3-7-18(8-4-15)30-25(33)20(24(32)29-26(30)34)11-17-12-21(27)23(22(28)13-17)37-14-16-5-9-19(10-6-16)31(35)36/h3-13H,2,14H2,1H3,(H,29,32,34)/b20-11-. The fourth-order valence-electron chi connectivity index (χ4n) is 3.61. The smallest absolute Gasteiger partial charge is 0.335 e. The number of ether oxygens (including phenoxy) is 1. The van der Waals surface area contributed by atoms with Crippen LogP contribution in [0.2, 0.25) is 0 Å². The number of hydrogen-bond acceptors (Lipinski definition) is 6. The van der Waals surface area contributed by atoms with E-state index >= 15 is 0 Å². The van der Waals surface area contributed by atoms with E-state index in [2.05, 4.69) is 37.2 Å². The van der Waals surface area contributed by atoms with Gasteiger partial charge in [-0.05, 0) is 97.4 Å². The van der Waals surface area contributed by atoms with E-state index in [1.807, 2.05) is 19.1 Å². The normalized spacial score (nSPS) is 14.6. The van der Waals surface area contributed by atoms with E-state index in [-0.39, 0.29) is 17.9 Å². The lowest BCUT2D eigenvalue weighted by Gasteiger charge is -2.26. The Bertz CT molecular complexity index is 1410. The predicted octanol–water partition coefficient (Wildman–Crippen LogP) is 5.93. The number of rotatable bonds is 7. The summed E-state index contributed by atoms with van der Waals surface area (Å²) in [6, 6.07) is 15.5. The van der Waals surface area contributed by atoms with Crippen LogP contribution in [0.5, 0.6) is 5.75 Å². The van der Waals surface area contributed by atoms with Crippen molar-refractivity contribution in [2.24, 2.45) is 0 Å². The van der Waals surface area contributed by atoms with Crippen molar-refractivity contribution in [3.8, 4) is 5.75 Å². The first-order chi connectivity index (χ1) is 17.7. The summed E-state index contributed by atoms with van der Waals surface area (Å²) in [4.78, 5) is 49.4. The minimum Gasteiger partial charge on any atom is -0.487 e. The summed E-state index contributed by atoms with van der Waals surface area (Å²) < 4.78 is 6.95. The molecule has 188 valence electrons. The molecular weight excluding hydrogens is 610 g/mol. The highest BCUT2D eigenvalue weighted by atomic mass is 79.9. The third kappa shape index (κ3) is 5.78. The van der Waals surface area contributed by atoms with Crippen molar-refractivity contribution in [3.05, 3.63) is 102 Å². The first kappa shape index (κ1) is 26.2. The maximum absolute atomic E-state index is 13.2. The molecule has 0 unspecified atom stereocenters. The number of nitro benzene ring substituents is 1. The number of non-ortho nitro benzene ring substituents is 1. The zero-order valence-corrected chi connectivity index (χ0v) is 22.5.